The summed E-state index contributed by atoms with van der Waals surface area (Å²) in [7, 11) is 0. The van der Waals surface area contributed by atoms with Crippen LogP contribution in [0.3, 0.4) is 0 Å². The smallest absolute Gasteiger partial charge is 0.413 e. The number of carbonyl (C=O) groups excluding carboxylic acids is 1. The summed E-state index contributed by atoms with van der Waals surface area (Å²) in [6.45, 7) is 0. The lowest BCUT2D eigenvalue weighted by atomic mass is 10.2. The van der Waals surface area contributed by atoms with Crippen molar-refractivity contribution in [2.45, 2.75) is 12.5 Å². The molecule has 1 atom stereocenters. The third-order valence-electron chi connectivity index (χ3n) is 2.41. The molecule has 104 valence electrons. The van der Waals surface area contributed by atoms with Crippen LogP contribution in [0.25, 0.3) is 0 Å². The minimum Gasteiger partial charge on any atom is -0.480 e. The van der Waals surface area contributed by atoms with Crippen molar-refractivity contribution >= 4 is 23.4 Å². The molecule has 0 spiro atoms. The fraction of sp³-hybridized carbons (Fsp3) is 0.154. The van der Waals surface area contributed by atoms with Crippen molar-refractivity contribution in [1.82, 2.24) is 10.3 Å². The normalized spacial score (nSPS) is 11.6. The number of nitrogens with one attached hydrogen (secondary N) is 1. The number of aromatic nitrogens is 1. The molecule has 1 heterocycles. The second-order valence-corrected chi connectivity index (χ2v) is 4.85. The summed E-state index contributed by atoms with van der Waals surface area (Å²) in [4.78, 5) is 26.8. The molecule has 0 aliphatic heterocycles. The number of carboxylic acids is 1. The molecule has 1 aromatic carbocycles. The number of thiazole rings is 1. The highest BCUT2D eigenvalue weighted by Gasteiger charge is 2.22. The van der Waals surface area contributed by atoms with Crippen LogP contribution in [-0.2, 0) is 11.2 Å². The van der Waals surface area contributed by atoms with Crippen molar-refractivity contribution < 1.29 is 19.4 Å². The fourth-order valence-corrected chi connectivity index (χ4v) is 2.16. The SMILES string of the molecule is O=C(N[C@@H](Cc1nccs1)C(=O)O)Oc1ccccc1. The molecule has 0 saturated heterocycles. The van der Waals surface area contributed by atoms with Gasteiger partial charge in [0.2, 0.25) is 0 Å². The van der Waals surface area contributed by atoms with Crippen molar-refractivity contribution in [1.29, 1.82) is 0 Å². The van der Waals surface area contributed by atoms with Crippen LogP contribution in [-0.4, -0.2) is 28.2 Å². The Morgan fingerprint density at radius 1 is 1.35 bits per heavy atom. The Labute approximate surface area is 119 Å². The predicted molar refractivity (Wildman–Crippen MR) is 72.8 cm³/mol. The van der Waals surface area contributed by atoms with E-state index in [1.54, 1.807) is 41.9 Å². The average molecular weight is 292 g/mol. The molecule has 0 bridgehead atoms. The molecule has 0 radical (unpaired) electrons. The van der Waals surface area contributed by atoms with E-state index in [4.69, 9.17) is 9.84 Å². The third-order valence-corrected chi connectivity index (χ3v) is 3.21. The third kappa shape index (κ3) is 4.06. The van der Waals surface area contributed by atoms with Crippen LogP contribution in [0.15, 0.2) is 41.9 Å². The molecule has 0 fully saturated rings. The van der Waals surface area contributed by atoms with Gasteiger partial charge < -0.3 is 15.2 Å². The molecule has 1 aromatic heterocycles. The van der Waals surface area contributed by atoms with Crippen LogP contribution in [0.1, 0.15) is 5.01 Å². The molecule has 1 amide bonds. The minimum atomic E-state index is -1.13. The summed E-state index contributed by atoms with van der Waals surface area (Å²) >= 11 is 1.33. The van der Waals surface area contributed by atoms with Gasteiger partial charge in [-0.1, -0.05) is 18.2 Å². The average Bonchev–Trinajstić information content (AvgIpc) is 2.92. The first-order valence-corrected chi connectivity index (χ1v) is 6.67. The van der Waals surface area contributed by atoms with E-state index in [0.717, 1.165) is 0 Å². The maximum absolute atomic E-state index is 11.6. The predicted octanol–water partition coefficient (Wildman–Crippen LogP) is 1.93. The number of ether oxygens (including phenoxy) is 1. The summed E-state index contributed by atoms with van der Waals surface area (Å²) in [6.07, 6.45) is 0.901. The van der Waals surface area contributed by atoms with Gasteiger partial charge in [0, 0.05) is 18.0 Å². The van der Waals surface area contributed by atoms with Gasteiger partial charge in [0.05, 0.1) is 5.01 Å². The summed E-state index contributed by atoms with van der Waals surface area (Å²) in [6, 6.07) is 7.36. The number of rotatable bonds is 5. The molecule has 0 unspecified atom stereocenters. The maximum Gasteiger partial charge on any atom is 0.413 e. The van der Waals surface area contributed by atoms with E-state index in [0.29, 0.717) is 10.8 Å². The van der Waals surface area contributed by atoms with Crippen LogP contribution in [0.5, 0.6) is 5.75 Å². The number of benzene rings is 1. The van der Waals surface area contributed by atoms with Crippen molar-refractivity contribution in [2.24, 2.45) is 0 Å². The molecule has 2 rings (SSSR count). The number of hydrogen-bond donors (Lipinski definition) is 2. The maximum atomic E-state index is 11.6. The van der Waals surface area contributed by atoms with Crippen LogP contribution < -0.4 is 10.1 Å². The van der Waals surface area contributed by atoms with Gasteiger partial charge in [-0.2, -0.15) is 0 Å². The van der Waals surface area contributed by atoms with Gasteiger partial charge >= 0.3 is 12.1 Å². The monoisotopic (exact) mass is 292 g/mol. The van der Waals surface area contributed by atoms with Gasteiger partial charge in [0.15, 0.2) is 0 Å². The number of carboxylic acid groups (broad SMARTS) is 1. The minimum absolute atomic E-state index is 0.122. The quantitative estimate of drug-likeness (QED) is 0.879. The molecule has 2 aromatic rings. The first kappa shape index (κ1) is 14.0. The Morgan fingerprint density at radius 3 is 2.70 bits per heavy atom. The van der Waals surface area contributed by atoms with Gasteiger partial charge in [-0.15, -0.1) is 11.3 Å². The molecule has 2 N–H and O–H groups in total. The van der Waals surface area contributed by atoms with Gasteiger partial charge in [-0.3, -0.25) is 0 Å². The van der Waals surface area contributed by atoms with E-state index in [-0.39, 0.29) is 6.42 Å². The second-order valence-electron chi connectivity index (χ2n) is 3.87. The van der Waals surface area contributed by atoms with Gasteiger partial charge in [0.1, 0.15) is 11.8 Å². The van der Waals surface area contributed by atoms with Crippen LogP contribution >= 0.6 is 11.3 Å². The Hall–Kier alpha value is -2.41. The number of amides is 1. The van der Waals surface area contributed by atoms with Crippen molar-refractivity contribution in [2.75, 3.05) is 0 Å². The zero-order valence-electron chi connectivity index (χ0n) is 10.4. The molecule has 0 aliphatic carbocycles. The van der Waals surface area contributed by atoms with Gasteiger partial charge in [-0.25, -0.2) is 14.6 Å². The van der Waals surface area contributed by atoms with E-state index in [2.05, 4.69) is 10.3 Å². The van der Waals surface area contributed by atoms with E-state index in [1.165, 1.54) is 11.3 Å². The molecular formula is C13H12N2O4S. The Balaban J connectivity index is 1.94. The summed E-state index contributed by atoms with van der Waals surface area (Å²) in [5, 5.41) is 13.8. The summed E-state index contributed by atoms with van der Waals surface area (Å²) in [5.74, 6) is -0.784. The van der Waals surface area contributed by atoms with E-state index >= 15 is 0 Å². The highest BCUT2D eigenvalue weighted by Crippen LogP contribution is 2.10. The number of nitrogens with zero attached hydrogens (tertiary/aromatic N) is 1. The van der Waals surface area contributed by atoms with Crippen LogP contribution in [0.2, 0.25) is 0 Å². The number of hydrogen-bond acceptors (Lipinski definition) is 5. The Bertz CT molecular complexity index is 571. The van der Waals surface area contributed by atoms with E-state index < -0.39 is 18.1 Å². The van der Waals surface area contributed by atoms with Gasteiger partial charge in [-0.05, 0) is 12.1 Å². The zero-order chi connectivity index (χ0) is 14.4. The molecule has 7 heteroatoms. The number of aliphatic carboxylic acids is 1. The zero-order valence-corrected chi connectivity index (χ0v) is 11.2. The van der Waals surface area contributed by atoms with Crippen molar-refractivity contribution in [3.05, 3.63) is 46.9 Å². The summed E-state index contributed by atoms with van der Waals surface area (Å²) in [5.41, 5.74) is 0. The molecule has 6 nitrogen and oxygen atoms in total. The molecule has 20 heavy (non-hydrogen) atoms. The summed E-state index contributed by atoms with van der Waals surface area (Å²) < 4.78 is 4.98. The first-order valence-electron chi connectivity index (χ1n) is 5.79. The standard InChI is InChI=1S/C13H12N2O4S/c16-12(17)10(8-11-14-6-7-20-11)15-13(18)19-9-4-2-1-3-5-9/h1-7,10H,8H2,(H,15,18)(H,16,17)/t10-/m0/s1. The lowest BCUT2D eigenvalue weighted by Gasteiger charge is -2.13. The first-order chi connectivity index (χ1) is 9.65. The largest absolute Gasteiger partial charge is 0.480 e. The molecular weight excluding hydrogens is 280 g/mol. The lowest BCUT2D eigenvalue weighted by molar-refractivity contribution is -0.139. The van der Waals surface area contributed by atoms with Crippen molar-refractivity contribution in [3.63, 3.8) is 0 Å². The van der Waals surface area contributed by atoms with Crippen molar-refractivity contribution in [3.8, 4) is 5.75 Å². The molecule has 0 aliphatic rings. The topological polar surface area (TPSA) is 88.5 Å². The van der Waals surface area contributed by atoms with Crippen LogP contribution in [0.4, 0.5) is 4.79 Å². The van der Waals surface area contributed by atoms with E-state index in [1.807, 2.05) is 0 Å². The van der Waals surface area contributed by atoms with Crippen LogP contribution in [0, 0.1) is 0 Å². The fourth-order valence-electron chi connectivity index (χ4n) is 1.50. The Kier molecular flexibility index (Phi) is 4.67. The highest BCUT2D eigenvalue weighted by atomic mass is 32.1. The van der Waals surface area contributed by atoms with E-state index in [9.17, 15) is 9.59 Å². The second kappa shape index (κ2) is 6.67. The highest BCUT2D eigenvalue weighted by molar-refractivity contribution is 7.09. The number of para-hydroxylation sites is 1. The Morgan fingerprint density at radius 2 is 2.10 bits per heavy atom. The number of carbonyl (C=O) groups is 2. The lowest BCUT2D eigenvalue weighted by Crippen LogP contribution is -2.43. The molecule has 0 saturated carbocycles. The van der Waals surface area contributed by atoms with Gasteiger partial charge in [0.25, 0.3) is 0 Å².